The van der Waals surface area contributed by atoms with Gasteiger partial charge in [-0.3, -0.25) is 10.1 Å². The molecule has 21 heavy (non-hydrogen) atoms. The van der Waals surface area contributed by atoms with Crippen molar-refractivity contribution in [3.8, 4) is 6.07 Å². The molecule has 5 nitrogen and oxygen atoms in total. The minimum absolute atomic E-state index is 0.0189. The molecule has 7 heteroatoms. The summed E-state index contributed by atoms with van der Waals surface area (Å²) in [5.74, 6) is -0.530. The smallest absolute Gasteiger partial charge is 0.292 e. The van der Waals surface area contributed by atoms with Gasteiger partial charge >= 0.3 is 0 Å². The van der Waals surface area contributed by atoms with E-state index in [0.717, 1.165) is 0 Å². The zero-order chi connectivity index (χ0) is 15.4. The predicted molar refractivity (Wildman–Crippen MR) is 76.5 cm³/mol. The van der Waals surface area contributed by atoms with Gasteiger partial charge in [-0.2, -0.15) is 5.26 Å². The maximum absolute atomic E-state index is 13.1. The number of nitrogens with one attached hydrogen (secondary N) is 1. The Hall–Kier alpha value is -2.65. The maximum Gasteiger partial charge on any atom is 0.292 e. The van der Waals surface area contributed by atoms with Crippen LogP contribution in [0.3, 0.4) is 0 Å². The SMILES string of the molecule is N#Cc1ccc([N+](=O)[O-])c(NCc2ccc(F)c(Cl)c2)c1. The topological polar surface area (TPSA) is 79.0 Å². The van der Waals surface area contributed by atoms with Crippen molar-refractivity contribution in [2.75, 3.05) is 5.32 Å². The van der Waals surface area contributed by atoms with E-state index in [1.165, 1.54) is 36.4 Å². The maximum atomic E-state index is 13.1. The standard InChI is InChI=1S/C14H9ClFN3O2/c15-11-5-10(1-3-12(11)16)8-18-13-6-9(7-17)2-4-14(13)19(20)21/h1-6,18H,8H2. The first kappa shape index (κ1) is 14.8. The Kier molecular flexibility index (Phi) is 4.36. The Morgan fingerprint density at radius 2 is 2.10 bits per heavy atom. The largest absolute Gasteiger partial charge is 0.375 e. The van der Waals surface area contributed by atoms with Gasteiger partial charge < -0.3 is 5.32 Å². The summed E-state index contributed by atoms with van der Waals surface area (Å²) in [6, 6.07) is 10.1. The zero-order valence-corrected chi connectivity index (χ0v) is 11.4. The lowest BCUT2D eigenvalue weighted by atomic mass is 10.1. The molecular weight excluding hydrogens is 297 g/mol. The van der Waals surface area contributed by atoms with E-state index in [1.54, 1.807) is 0 Å². The van der Waals surface area contributed by atoms with E-state index in [9.17, 15) is 14.5 Å². The van der Waals surface area contributed by atoms with Gasteiger partial charge in [0.15, 0.2) is 0 Å². The van der Waals surface area contributed by atoms with E-state index in [-0.39, 0.29) is 22.9 Å². The fraction of sp³-hybridized carbons (Fsp3) is 0.0714. The molecule has 2 rings (SSSR count). The van der Waals surface area contributed by atoms with Crippen LogP contribution in [0.15, 0.2) is 36.4 Å². The number of hydrogen-bond acceptors (Lipinski definition) is 4. The summed E-state index contributed by atoms with van der Waals surface area (Å²) in [6.45, 7) is 0.218. The Bertz CT molecular complexity index is 743. The molecule has 0 saturated heterocycles. The van der Waals surface area contributed by atoms with Gasteiger partial charge in [-0.1, -0.05) is 17.7 Å². The van der Waals surface area contributed by atoms with E-state index < -0.39 is 10.7 Å². The van der Waals surface area contributed by atoms with Gasteiger partial charge in [0, 0.05) is 12.6 Å². The summed E-state index contributed by atoms with van der Waals surface area (Å²) in [6.07, 6.45) is 0. The monoisotopic (exact) mass is 305 g/mol. The number of halogens is 2. The van der Waals surface area contributed by atoms with Crippen LogP contribution >= 0.6 is 11.6 Å². The lowest BCUT2D eigenvalue weighted by Crippen LogP contribution is -2.03. The first-order valence-electron chi connectivity index (χ1n) is 5.87. The van der Waals surface area contributed by atoms with Gasteiger partial charge in [0.25, 0.3) is 5.69 Å². The normalized spacial score (nSPS) is 9.95. The highest BCUT2D eigenvalue weighted by Gasteiger charge is 2.14. The summed E-state index contributed by atoms with van der Waals surface area (Å²) >= 11 is 5.67. The lowest BCUT2D eigenvalue weighted by molar-refractivity contribution is -0.384. The summed E-state index contributed by atoms with van der Waals surface area (Å²) < 4.78 is 13.1. The molecule has 0 unspecified atom stereocenters. The first-order valence-corrected chi connectivity index (χ1v) is 6.25. The van der Waals surface area contributed by atoms with Crippen molar-refractivity contribution in [3.05, 3.63) is 68.5 Å². The van der Waals surface area contributed by atoms with Crippen molar-refractivity contribution >= 4 is 23.0 Å². The molecule has 0 amide bonds. The Morgan fingerprint density at radius 3 is 2.71 bits per heavy atom. The Morgan fingerprint density at radius 1 is 1.33 bits per heavy atom. The number of nitro groups is 1. The van der Waals surface area contributed by atoms with Gasteiger partial charge in [0.2, 0.25) is 0 Å². The van der Waals surface area contributed by atoms with Crippen molar-refractivity contribution in [3.63, 3.8) is 0 Å². The van der Waals surface area contributed by atoms with Crippen LogP contribution in [0.1, 0.15) is 11.1 Å². The van der Waals surface area contributed by atoms with Crippen molar-refractivity contribution < 1.29 is 9.31 Å². The molecule has 0 aromatic heterocycles. The van der Waals surface area contributed by atoms with Crippen LogP contribution in [0.5, 0.6) is 0 Å². The highest BCUT2D eigenvalue weighted by atomic mass is 35.5. The molecule has 0 bridgehead atoms. The molecule has 2 aromatic carbocycles. The lowest BCUT2D eigenvalue weighted by Gasteiger charge is -2.08. The number of hydrogen-bond donors (Lipinski definition) is 1. The van der Waals surface area contributed by atoms with Gasteiger partial charge in [-0.25, -0.2) is 4.39 Å². The minimum Gasteiger partial charge on any atom is -0.375 e. The van der Waals surface area contributed by atoms with E-state index in [0.29, 0.717) is 11.1 Å². The molecule has 0 saturated carbocycles. The average Bonchev–Trinajstić information content (AvgIpc) is 2.48. The van der Waals surface area contributed by atoms with Gasteiger partial charge in [0.05, 0.1) is 21.6 Å². The van der Waals surface area contributed by atoms with Gasteiger partial charge in [-0.15, -0.1) is 0 Å². The fourth-order valence-corrected chi connectivity index (χ4v) is 1.96. The number of nitro benzene ring substituents is 1. The third-order valence-corrected chi connectivity index (χ3v) is 3.08. The van der Waals surface area contributed by atoms with Crippen LogP contribution in [0.25, 0.3) is 0 Å². The van der Waals surface area contributed by atoms with Crippen LogP contribution in [0.4, 0.5) is 15.8 Å². The van der Waals surface area contributed by atoms with E-state index >= 15 is 0 Å². The number of nitrogens with zero attached hydrogens (tertiary/aromatic N) is 2. The highest BCUT2D eigenvalue weighted by molar-refractivity contribution is 6.30. The molecule has 1 N–H and O–H groups in total. The molecule has 0 aliphatic carbocycles. The summed E-state index contributed by atoms with van der Waals surface area (Å²) in [5, 5.41) is 22.6. The summed E-state index contributed by atoms with van der Waals surface area (Å²) in [4.78, 5) is 10.4. The van der Waals surface area contributed by atoms with Crippen LogP contribution in [0, 0.1) is 27.3 Å². The van der Waals surface area contributed by atoms with Gasteiger partial charge in [-0.05, 0) is 29.8 Å². The van der Waals surface area contributed by atoms with Crippen LogP contribution in [-0.2, 0) is 6.54 Å². The quantitative estimate of drug-likeness (QED) is 0.687. The molecule has 0 atom stereocenters. The second-order valence-electron chi connectivity index (χ2n) is 4.20. The Labute approximate surface area is 124 Å². The predicted octanol–water partition coefficient (Wildman–Crippen LogP) is 3.87. The van der Waals surface area contributed by atoms with Crippen molar-refractivity contribution in [1.29, 1.82) is 5.26 Å². The average molecular weight is 306 g/mol. The fourth-order valence-electron chi connectivity index (χ4n) is 1.75. The molecular formula is C14H9ClFN3O2. The molecule has 0 fully saturated rings. The molecule has 0 heterocycles. The molecule has 0 spiro atoms. The molecule has 0 aliphatic heterocycles. The summed E-state index contributed by atoms with van der Waals surface area (Å²) in [7, 11) is 0. The van der Waals surface area contributed by atoms with E-state index in [4.69, 9.17) is 16.9 Å². The molecule has 2 aromatic rings. The zero-order valence-electron chi connectivity index (χ0n) is 10.6. The van der Waals surface area contributed by atoms with E-state index in [1.807, 2.05) is 6.07 Å². The van der Waals surface area contributed by atoms with Gasteiger partial charge in [0.1, 0.15) is 11.5 Å². The van der Waals surface area contributed by atoms with E-state index in [2.05, 4.69) is 5.32 Å². The third-order valence-electron chi connectivity index (χ3n) is 2.79. The number of benzene rings is 2. The van der Waals surface area contributed by atoms with Crippen LogP contribution in [0.2, 0.25) is 5.02 Å². The van der Waals surface area contributed by atoms with Crippen LogP contribution in [-0.4, -0.2) is 4.92 Å². The van der Waals surface area contributed by atoms with Crippen LogP contribution < -0.4 is 5.32 Å². The second kappa shape index (κ2) is 6.20. The Balaban J connectivity index is 2.24. The van der Waals surface area contributed by atoms with Crippen molar-refractivity contribution in [2.24, 2.45) is 0 Å². The minimum atomic E-state index is -0.541. The van der Waals surface area contributed by atoms with Crippen molar-refractivity contribution in [2.45, 2.75) is 6.54 Å². The highest BCUT2D eigenvalue weighted by Crippen LogP contribution is 2.26. The first-order chi connectivity index (χ1) is 10.0. The second-order valence-corrected chi connectivity index (χ2v) is 4.61. The number of anilines is 1. The molecule has 106 valence electrons. The molecule has 0 radical (unpaired) electrons. The molecule has 0 aliphatic rings. The number of rotatable bonds is 4. The third kappa shape index (κ3) is 3.46. The number of nitriles is 1. The van der Waals surface area contributed by atoms with Crippen molar-refractivity contribution in [1.82, 2.24) is 0 Å². The summed E-state index contributed by atoms with van der Waals surface area (Å²) in [5.41, 5.74) is 1.06.